The molecule has 7 aromatic rings. The van der Waals surface area contributed by atoms with Crippen LogP contribution in [0, 0.1) is 27.5 Å². The van der Waals surface area contributed by atoms with E-state index in [-0.39, 0.29) is 27.8 Å². The molecule has 0 N–H and O–H groups in total. The molecule has 0 bridgehead atoms. The van der Waals surface area contributed by atoms with E-state index in [4.69, 9.17) is 16.8 Å². The molecule has 46 heavy (non-hydrogen) atoms. The van der Waals surface area contributed by atoms with Gasteiger partial charge in [-0.1, -0.05) is 122 Å². The second-order valence-corrected chi connectivity index (χ2v) is 18.2. The summed E-state index contributed by atoms with van der Waals surface area (Å²) in [5, 5.41) is 2.96. The zero-order valence-electron chi connectivity index (χ0n) is 35.7. The summed E-state index contributed by atoms with van der Waals surface area (Å²) < 4.78 is 86.6. The summed E-state index contributed by atoms with van der Waals surface area (Å²) >= 11 is 0. The minimum atomic E-state index is -2.80. The molecule has 0 aliphatic rings. The predicted octanol–water partition coefficient (Wildman–Crippen LogP) is 10.9. The summed E-state index contributed by atoms with van der Waals surface area (Å²) in [4.78, 5) is 0. The lowest BCUT2D eigenvalue weighted by molar-refractivity contribution is -0.660. The van der Waals surface area contributed by atoms with Crippen LogP contribution in [0.4, 0.5) is 0 Å². The van der Waals surface area contributed by atoms with Crippen LogP contribution in [0.2, 0.25) is 19.6 Å². The van der Waals surface area contributed by atoms with Crippen LogP contribution in [0.5, 0.6) is 0 Å². The van der Waals surface area contributed by atoms with Gasteiger partial charge in [0.2, 0.25) is 5.69 Å². The van der Waals surface area contributed by atoms with Crippen LogP contribution >= 0.6 is 0 Å². The highest BCUT2D eigenvalue weighted by molar-refractivity contribution is 6.88. The Hall–Kier alpha value is -4.73. The number of benzene rings is 5. The fourth-order valence-corrected chi connectivity index (χ4v) is 7.66. The molecule has 0 fully saturated rings. The lowest BCUT2D eigenvalue weighted by atomic mass is 9.89. The molecule has 5 aromatic carbocycles. The number of pyridine rings is 1. The van der Waals surface area contributed by atoms with Gasteiger partial charge in [0.25, 0.3) is 0 Å². The first-order valence-corrected chi connectivity index (χ1v) is 19.0. The number of para-hydroxylation sites is 1. The molecule has 2 nitrogen and oxygen atoms in total. The highest BCUT2D eigenvalue weighted by Gasteiger charge is 2.25. The van der Waals surface area contributed by atoms with E-state index in [1.807, 2.05) is 91.9 Å². The standard InChI is InChI=1S/C43H42NOSi/c1-27-17-22-37-36-16-12-15-35(32-13-10-9-11-14-32)42(36)45-43(37)41(27)39-25-38(30(4)26-44(39)5)40-28(2)23-33(24-29(40)3)31-18-20-34(21-19-31)46(6,7)8/h9-26H,1-8H3/q+1/i2D3,3D3,4D3. The normalized spacial score (nSPS) is 15.6. The van der Waals surface area contributed by atoms with Crippen molar-refractivity contribution < 1.29 is 21.3 Å². The first-order valence-electron chi connectivity index (χ1n) is 20.0. The lowest BCUT2D eigenvalue weighted by Crippen LogP contribution is -2.37. The highest BCUT2D eigenvalue weighted by Crippen LogP contribution is 2.42. The molecular formula is C43H42NOSi+. The monoisotopic (exact) mass is 625 g/mol. The van der Waals surface area contributed by atoms with Crippen LogP contribution in [0.1, 0.15) is 34.6 Å². The molecule has 0 saturated carbocycles. The minimum Gasteiger partial charge on any atom is -0.454 e. The summed E-state index contributed by atoms with van der Waals surface area (Å²) in [5.74, 6) is 0. The molecule has 3 heteroatoms. The molecule has 2 aromatic heterocycles. The van der Waals surface area contributed by atoms with Gasteiger partial charge in [-0.2, -0.15) is 0 Å². The second-order valence-electron chi connectivity index (χ2n) is 13.2. The molecular weight excluding hydrogens is 575 g/mol. The molecule has 228 valence electrons. The molecule has 7 rings (SSSR count). The number of hydrogen-bond donors (Lipinski definition) is 0. The first-order chi connectivity index (χ1) is 25.6. The molecule has 0 aliphatic heterocycles. The minimum absolute atomic E-state index is 0.0171. The van der Waals surface area contributed by atoms with E-state index in [0.29, 0.717) is 33.6 Å². The quantitative estimate of drug-likeness (QED) is 0.137. The fraction of sp³-hybridized carbons (Fsp3) is 0.186. The maximum absolute atomic E-state index is 8.72. The van der Waals surface area contributed by atoms with Crippen molar-refractivity contribution >= 4 is 35.2 Å². The van der Waals surface area contributed by atoms with Gasteiger partial charge < -0.3 is 4.42 Å². The summed E-state index contributed by atoms with van der Waals surface area (Å²) in [6, 6.07) is 32.3. The van der Waals surface area contributed by atoms with Crippen LogP contribution < -0.4 is 9.75 Å². The number of furan rings is 1. The van der Waals surface area contributed by atoms with Crippen molar-refractivity contribution in [2.45, 2.75) is 47.1 Å². The highest BCUT2D eigenvalue weighted by atomic mass is 28.3. The van der Waals surface area contributed by atoms with Gasteiger partial charge in [-0.15, -0.1) is 0 Å². The zero-order chi connectivity index (χ0) is 39.8. The van der Waals surface area contributed by atoms with E-state index in [0.717, 1.165) is 27.5 Å². The average Bonchev–Trinajstić information content (AvgIpc) is 3.49. The van der Waals surface area contributed by atoms with Gasteiger partial charge in [0.1, 0.15) is 18.2 Å². The molecule has 0 atom stereocenters. The van der Waals surface area contributed by atoms with E-state index < -0.39 is 28.6 Å². The summed E-state index contributed by atoms with van der Waals surface area (Å²) in [7, 11) is 0.0832. The van der Waals surface area contributed by atoms with Gasteiger partial charge >= 0.3 is 0 Å². The Morgan fingerprint density at radius 2 is 1.28 bits per heavy atom. The summed E-state index contributed by atoms with van der Waals surface area (Å²) in [6.45, 7) is 0.301. The Labute approximate surface area is 286 Å². The number of aromatic nitrogens is 1. The van der Waals surface area contributed by atoms with E-state index in [2.05, 4.69) is 19.6 Å². The number of fused-ring (bicyclic) bond motifs is 3. The van der Waals surface area contributed by atoms with Gasteiger partial charge in [-0.25, -0.2) is 4.57 Å². The Kier molecular flexibility index (Phi) is 5.17. The van der Waals surface area contributed by atoms with Crippen molar-refractivity contribution in [2.24, 2.45) is 7.05 Å². The van der Waals surface area contributed by atoms with Crippen LogP contribution in [0.15, 0.2) is 114 Å². The van der Waals surface area contributed by atoms with E-state index >= 15 is 0 Å². The van der Waals surface area contributed by atoms with Gasteiger partial charge in [0.15, 0.2) is 6.20 Å². The number of nitrogens with zero attached hydrogens (tertiary/aromatic N) is 1. The van der Waals surface area contributed by atoms with Crippen molar-refractivity contribution in [1.29, 1.82) is 0 Å². The van der Waals surface area contributed by atoms with Crippen molar-refractivity contribution in [3.8, 4) is 44.6 Å². The average molecular weight is 626 g/mol. The Bertz CT molecular complexity index is 2560. The number of aryl methyl sites for hydroxylation is 5. The van der Waals surface area contributed by atoms with Crippen molar-refractivity contribution in [2.75, 3.05) is 0 Å². The van der Waals surface area contributed by atoms with Crippen LogP contribution in [-0.4, -0.2) is 8.07 Å². The molecule has 0 spiro atoms. The Morgan fingerprint density at radius 3 is 1.96 bits per heavy atom. The maximum Gasteiger partial charge on any atom is 0.216 e. The summed E-state index contributed by atoms with van der Waals surface area (Å²) in [5.41, 5.74) is 5.58. The van der Waals surface area contributed by atoms with E-state index in [1.165, 1.54) is 23.5 Å². The molecule has 2 heterocycles. The van der Waals surface area contributed by atoms with Gasteiger partial charge in [0, 0.05) is 40.3 Å². The van der Waals surface area contributed by atoms with Crippen LogP contribution in [0.3, 0.4) is 0 Å². The molecule has 0 unspecified atom stereocenters. The van der Waals surface area contributed by atoms with Crippen LogP contribution in [-0.2, 0) is 7.05 Å². The third kappa shape index (κ3) is 5.09. The molecule has 0 radical (unpaired) electrons. The summed E-state index contributed by atoms with van der Waals surface area (Å²) in [6.07, 6.45) is 1.46. The smallest absolute Gasteiger partial charge is 0.216 e. The van der Waals surface area contributed by atoms with Crippen molar-refractivity contribution in [3.63, 3.8) is 0 Å². The second kappa shape index (κ2) is 11.3. The topological polar surface area (TPSA) is 17.0 Å². The number of hydrogen-bond acceptors (Lipinski definition) is 1. The largest absolute Gasteiger partial charge is 0.454 e. The molecule has 0 aliphatic carbocycles. The number of rotatable bonds is 5. The maximum atomic E-state index is 8.72. The molecule has 0 amide bonds. The van der Waals surface area contributed by atoms with Gasteiger partial charge in [-0.05, 0) is 72.0 Å². The van der Waals surface area contributed by atoms with E-state index in [1.54, 1.807) is 17.7 Å². The lowest BCUT2D eigenvalue weighted by Gasteiger charge is -2.18. The Morgan fingerprint density at radius 1 is 0.587 bits per heavy atom. The molecule has 0 saturated heterocycles. The zero-order valence-corrected chi connectivity index (χ0v) is 27.7. The van der Waals surface area contributed by atoms with Crippen LogP contribution in [0.25, 0.3) is 66.6 Å². The Balaban J connectivity index is 1.55. The van der Waals surface area contributed by atoms with Crippen molar-refractivity contribution in [3.05, 3.63) is 132 Å². The third-order valence-corrected chi connectivity index (χ3v) is 11.0. The van der Waals surface area contributed by atoms with E-state index in [9.17, 15) is 0 Å². The fourth-order valence-electron chi connectivity index (χ4n) is 6.49. The third-order valence-electron chi connectivity index (χ3n) is 8.98. The SMILES string of the molecule is [2H]C([2H])([2H])c1c[n+](C)c(-c2c(C)ccc3c2oc2c(-c4ccccc4)cccc23)cc1-c1c(C([2H])([2H])[2H])cc(-c2ccc([Si](C)(C)C)cc2)cc1C([2H])([2H])[2H]. The van der Waals surface area contributed by atoms with Crippen molar-refractivity contribution in [1.82, 2.24) is 0 Å². The first kappa shape index (κ1) is 21.1. The van der Waals surface area contributed by atoms with Gasteiger partial charge in [-0.3, -0.25) is 0 Å². The predicted molar refractivity (Wildman–Crippen MR) is 199 cm³/mol. The van der Waals surface area contributed by atoms with Gasteiger partial charge in [0.05, 0.1) is 13.6 Å².